The normalized spacial score (nSPS) is 27.2. The molecule has 0 N–H and O–H groups in total. The standard InChI is InChI=1S/C16H16N2O4/c1-9-6-7-11(8-13(9)18(21)22)17-15(19)12-5-3-4-10(2)14(12)16(17)20/h3-4,6-8,10,12,14H,5H2,1-2H3/t10-,12+,14-/m1/s1. The minimum absolute atomic E-state index is 0.000587. The second-order valence-corrected chi connectivity index (χ2v) is 5.90. The predicted octanol–water partition coefficient (Wildman–Crippen LogP) is 2.60. The molecule has 1 saturated heterocycles. The molecule has 6 nitrogen and oxygen atoms in total. The molecule has 1 fully saturated rings. The van der Waals surface area contributed by atoms with Crippen LogP contribution in [0.2, 0.25) is 0 Å². The van der Waals surface area contributed by atoms with Gasteiger partial charge in [0.2, 0.25) is 11.8 Å². The number of carbonyl (C=O) groups excluding carboxylic acids is 2. The van der Waals surface area contributed by atoms with Crippen molar-refractivity contribution in [1.82, 2.24) is 0 Å². The average Bonchev–Trinajstić information content (AvgIpc) is 2.73. The van der Waals surface area contributed by atoms with E-state index in [1.54, 1.807) is 19.1 Å². The molecule has 3 rings (SSSR count). The number of benzene rings is 1. The van der Waals surface area contributed by atoms with Gasteiger partial charge in [-0.25, -0.2) is 4.90 Å². The maximum absolute atomic E-state index is 12.6. The first-order chi connectivity index (χ1) is 10.4. The number of carbonyl (C=O) groups is 2. The number of nitrogens with zero attached hydrogens (tertiary/aromatic N) is 2. The molecule has 1 aromatic rings. The first-order valence-corrected chi connectivity index (χ1v) is 7.21. The molecule has 0 unspecified atom stereocenters. The summed E-state index contributed by atoms with van der Waals surface area (Å²) in [6.07, 6.45) is 4.43. The Labute approximate surface area is 127 Å². The Hall–Kier alpha value is -2.50. The zero-order valence-corrected chi connectivity index (χ0v) is 12.4. The van der Waals surface area contributed by atoms with E-state index in [0.717, 1.165) is 4.90 Å². The molecule has 2 aliphatic rings. The Morgan fingerprint density at radius 3 is 2.64 bits per heavy atom. The van der Waals surface area contributed by atoms with E-state index < -0.39 is 4.92 Å². The third-order valence-electron chi connectivity index (χ3n) is 4.52. The smallest absolute Gasteiger partial charge is 0.274 e. The molecular weight excluding hydrogens is 284 g/mol. The molecule has 2 amide bonds. The average molecular weight is 300 g/mol. The summed E-state index contributed by atoms with van der Waals surface area (Å²) in [5, 5.41) is 11.1. The summed E-state index contributed by atoms with van der Waals surface area (Å²) in [5.41, 5.74) is 0.702. The van der Waals surface area contributed by atoms with Gasteiger partial charge in [0, 0.05) is 11.6 Å². The van der Waals surface area contributed by atoms with Gasteiger partial charge in [-0.3, -0.25) is 19.7 Å². The Morgan fingerprint density at radius 2 is 2.00 bits per heavy atom. The fourth-order valence-electron chi connectivity index (χ4n) is 3.34. The van der Waals surface area contributed by atoms with Gasteiger partial charge in [0.05, 0.1) is 22.4 Å². The number of anilines is 1. The van der Waals surface area contributed by atoms with Crippen molar-refractivity contribution in [2.75, 3.05) is 4.90 Å². The van der Waals surface area contributed by atoms with Crippen LogP contribution in [0.1, 0.15) is 18.9 Å². The van der Waals surface area contributed by atoms with Gasteiger partial charge >= 0.3 is 0 Å². The summed E-state index contributed by atoms with van der Waals surface area (Å²) in [6.45, 7) is 3.54. The molecule has 0 radical (unpaired) electrons. The number of rotatable bonds is 2. The summed E-state index contributed by atoms with van der Waals surface area (Å²) >= 11 is 0. The Balaban J connectivity index is 2.03. The molecule has 0 aromatic heterocycles. The number of hydrogen-bond acceptors (Lipinski definition) is 4. The van der Waals surface area contributed by atoms with E-state index in [1.807, 2.05) is 19.1 Å². The van der Waals surface area contributed by atoms with Gasteiger partial charge in [-0.05, 0) is 25.3 Å². The van der Waals surface area contributed by atoms with Crippen LogP contribution in [0.3, 0.4) is 0 Å². The van der Waals surface area contributed by atoms with Crippen LogP contribution < -0.4 is 4.90 Å². The minimum atomic E-state index is -0.499. The number of nitro groups is 1. The fourth-order valence-corrected chi connectivity index (χ4v) is 3.34. The zero-order valence-electron chi connectivity index (χ0n) is 12.4. The van der Waals surface area contributed by atoms with E-state index in [-0.39, 0.29) is 40.9 Å². The van der Waals surface area contributed by atoms with Crippen LogP contribution in [0.25, 0.3) is 0 Å². The van der Waals surface area contributed by atoms with Crippen molar-refractivity contribution < 1.29 is 14.5 Å². The Kier molecular flexibility index (Phi) is 3.31. The molecular formula is C16H16N2O4. The maximum Gasteiger partial charge on any atom is 0.274 e. The van der Waals surface area contributed by atoms with Gasteiger partial charge in [0.1, 0.15) is 0 Å². The van der Waals surface area contributed by atoms with E-state index in [4.69, 9.17) is 0 Å². The van der Waals surface area contributed by atoms with E-state index >= 15 is 0 Å². The van der Waals surface area contributed by atoms with Gasteiger partial charge in [-0.2, -0.15) is 0 Å². The molecule has 0 saturated carbocycles. The highest BCUT2D eigenvalue weighted by molar-refractivity contribution is 6.22. The predicted molar refractivity (Wildman–Crippen MR) is 80.2 cm³/mol. The van der Waals surface area contributed by atoms with Crippen molar-refractivity contribution in [2.24, 2.45) is 17.8 Å². The van der Waals surface area contributed by atoms with Crippen LogP contribution in [0.5, 0.6) is 0 Å². The third kappa shape index (κ3) is 2.03. The molecule has 22 heavy (non-hydrogen) atoms. The van der Waals surface area contributed by atoms with Crippen molar-refractivity contribution in [3.8, 4) is 0 Å². The fraction of sp³-hybridized carbons (Fsp3) is 0.375. The molecule has 1 heterocycles. The van der Waals surface area contributed by atoms with Crippen LogP contribution in [0.4, 0.5) is 11.4 Å². The lowest BCUT2D eigenvalue weighted by molar-refractivity contribution is -0.385. The molecule has 1 aliphatic carbocycles. The maximum atomic E-state index is 12.6. The van der Waals surface area contributed by atoms with Gasteiger partial charge < -0.3 is 0 Å². The number of nitro benzene ring substituents is 1. The Morgan fingerprint density at radius 1 is 1.27 bits per heavy atom. The summed E-state index contributed by atoms with van der Waals surface area (Å²) in [6, 6.07) is 4.46. The van der Waals surface area contributed by atoms with Crippen molar-refractivity contribution in [1.29, 1.82) is 0 Å². The summed E-state index contributed by atoms with van der Waals surface area (Å²) < 4.78 is 0. The largest absolute Gasteiger partial charge is 0.274 e. The second-order valence-electron chi connectivity index (χ2n) is 5.90. The van der Waals surface area contributed by atoms with Crippen LogP contribution in [-0.4, -0.2) is 16.7 Å². The van der Waals surface area contributed by atoms with E-state index in [2.05, 4.69) is 0 Å². The molecule has 0 bridgehead atoms. The van der Waals surface area contributed by atoms with Crippen molar-refractivity contribution in [3.63, 3.8) is 0 Å². The quantitative estimate of drug-likeness (QED) is 0.364. The second kappa shape index (κ2) is 5.05. The van der Waals surface area contributed by atoms with Gasteiger partial charge in [-0.15, -0.1) is 0 Å². The van der Waals surface area contributed by atoms with Crippen LogP contribution in [-0.2, 0) is 9.59 Å². The van der Waals surface area contributed by atoms with E-state index in [0.29, 0.717) is 12.0 Å². The summed E-state index contributed by atoms with van der Waals surface area (Å²) in [5.74, 6) is -1.24. The number of allylic oxidation sites excluding steroid dienone is 2. The van der Waals surface area contributed by atoms with Gasteiger partial charge in [0.15, 0.2) is 0 Å². The molecule has 1 aromatic carbocycles. The van der Waals surface area contributed by atoms with Crippen molar-refractivity contribution in [3.05, 3.63) is 46.0 Å². The topological polar surface area (TPSA) is 80.5 Å². The highest BCUT2D eigenvalue weighted by Gasteiger charge is 2.50. The third-order valence-corrected chi connectivity index (χ3v) is 4.52. The first kappa shape index (κ1) is 14.4. The van der Waals surface area contributed by atoms with Crippen LogP contribution >= 0.6 is 0 Å². The molecule has 1 aliphatic heterocycles. The molecule has 6 heteroatoms. The minimum Gasteiger partial charge on any atom is -0.274 e. The Bertz CT molecular complexity index is 710. The lowest BCUT2D eigenvalue weighted by atomic mass is 9.78. The lowest BCUT2D eigenvalue weighted by Gasteiger charge is -2.22. The summed E-state index contributed by atoms with van der Waals surface area (Å²) in [7, 11) is 0. The van der Waals surface area contributed by atoms with Gasteiger partial charge in [0.25, 0.3) is 5.69 Å². The van der Waals surface area contributed by atoms with E-state index in [9.17, 15) is 19.7 Å². The summed E-state index contributed by atoms with van der Waals surface area (Å²) in [4.78, 5) is 36.9. The highest BCUT2D eigenvalue weighted by Crippen LogP contribution is 2.41. The first-order valence-electron chi connectivity index (χ1n) is 7.21. The molecule has 3 atom stereocenters. The monoisotopic (exact) mass is 300 g/mol. The van der Waals surface area contributed by atoms with Gasteiger partial charge in [-0.1, -0.05) is 25.1 Å². The van der Waals surface area contributed by atoms with Crippen LogP contribution in [0, 0.1) is 34.8 Å². The lowest BCUT2D eigenvalue weighted by Crippen LogP contribution is -2.31. The number of hydrogen-bond donors (Lipinski definition) is 0. The zero-order chi connectivity index (χ0) is 16.0. The van der Waals surface area contributed by atoms with Crippen LogP contribution in [0.15, 0.2) is 30.4 Å². The number of aryl methyl sites for hydroxylation is 1. The van der Waals surface area contributed by atoms with Crippen molar-refractivity contribution in [2.45, 2.75) is 20.3 Å². The number of imide groups is 1. The SMILES string of the molecule is Cc1ccc(N2C(=O)[C@@H]3[C@H](C)C=CC[C@@H]3C2=O)cc1[N+](=O)[O-]. The molecule has 114 valence electrons. The molecule has 0 spiro atoms. The number of fused-ring (bicyclic) bond motifs is 1. The number of amides is 2. The van der Waals surface area contributed by atoms with Crippen molar-refractivity contribution >= 4 is 23.2 Å². The van der Waals surface area contributed by atoms with E-state index in [1.165, 1.54) is 6.07 Å². The highest BCUT2D eigenvalue weighted by atomic mass is 16.6.